The van der Waals surface area contributed by atoms with Crippen molar-refractivity contribution in [1.82, 2.24) is 4.98 Å². The molecule has 0 unspecified atom stereocenters. The molecule has 0 radical (unpaired) electrons. The van der Waals surface area contributed by atoms with Crippen molar-refractivity contribution in [3.63, 3.8) is 0 Å². The molecule has 0 aromatic carbocycles. The van der Waals surface area contributed by atoms with Gasteiger partial charge in [-0.25, -0.2) is 0 Å². The monoisotopic (exact) mass is 203 g/mol. The molecule has 7 heteroatoms. The van der Waals surface area contributed by atoms with Gasteiger partial charge in [0.15, 0.2) is 0 Å². The third-order valence-corrected chi connectivity index (χ3v) is 0.566. The molecule has 1 rings (SSSR count). The Morgan fingerprint density at radius 3 is 1.50 bits per heavy atom. The number of hydrogen-bond acceptors (Lipinski definition) is 3. The van der Waals surface area contributed by atoms with E-state index in [0.717, 1.165) is 0 Å². The van der Waals surface area contributed by atoms with Crippen molar-refractivity contribution >= 4 is 33.5 Å². The minimum atomic E-state index is -4.67. The molecule has 0 saturated heterocycles. The Morgan fingerprint density at radius 2 is 1.42 bits per heavy atom. The van der Waals surface area contributed by atoms with E-state index in [-0.39, 0.29) is 25.9 Å². The molecule has 0 saturated carbocycles. The van der Waals surface area contributed by atoms with E-state index >= 15 is 0 Å². The fraction of sp³-hybridized carbons (Fsp3) is 0. The van der Waals surface area contributed by atoms with Gasteiger partial charge in [-0.05, 0) is 12.1 Å². The Bertz CT molecular complexity index is 248. The van der Waals surface area contributed by atoms with Crippen LogP contribution in [-0.4, -0.2) is 45.6 Å². The second kappa shape index (κ2) is 7.44. The quantitative estimate of drug-likeness (QED) is 0.467. The average Bonchev–Trinajstić information content (AvgIpc) is 1.88. The summed E-state index contributed by atoms with van der Waals surface area (Å²) in [5, 5.41) is 0. The summed E-state index contributed by atoms with van der Waals surface area (Å²) in [7, 11) is -4.67. The van der Waals surface area contributed by atoms with Gasteiger partial charge < -0.3 is 2.85 Å². The summed E-state index contributed by atoms with van der Waals surface area (Å²) in [6, 6.07) is 5.72. The third-order valence-electron chi connectivity index (χ3n) is 0.566. The van der Waals surface area contributed by atoms with Crippen LogP contribution in [0.4, 0.5) is 0 Å². The van der Waals surface area contributed by atoms with Crippen LogP contribution in [0, 0.1) is 0 Å². The molecule has 66 valence electrons. The van der Waals surface area contributed by atoms with Crippen LogP contribution in [0.5, 0.6) is 0 Å². The smallest absolute Gasteiger partial charge is 1.00 e. The number of pyridine rings is 1. The van der Waals surface area contributed by atoms with E-state index in [1.165, 1.54) is 0 Å². The zero-order chi connectivity index (χ0) is 8.74. The first-order valence-corrected chi connectivity index (χ1v) is 3.95. The second-order valence-electron chi connectivity index (χ2n) is 1.47. The Hall–Kier alpha value is -0.214. The Morgan fingerprint density at radius 1 is 1.08 bits per heavy atom. The van der Waals surface area contributed by atoms with Crippen LogP contribution in [-0.2, 0) is 10.4 Å². The molecule has 0 aliphatic heterocycles. The van der Waals surface area contributed by atoms with E-state index in [0.29, 0.717) is 0 Å². The maximum atomic E-state index is 8.74. The van der Waals surface area contributed by atoms with Gasteiger partial charge in [0.1, 0.15) is 0 Å². The summed E-state index contributed by atoms with van der Waals surface area (Å²) in [5.74, 6) is 0. The van der Waals surface area contributed by atoms with Crippen molar-refractivity contribution in [2.45, 2.75) is 0 Å². The average molecular weight is 204 g/mol. The molecule has 0 amide bonds. The van der Waals surface area contributed by atoms with Crippen LogP contribution in [0.1, 0.15) is 2.85 Å². The zero-order valence-electron chi connectivity index (χ0n) is 8.16. The molecule has 2 N–H and O–H groups in total. The summed E-state index contributed by atoms with van der Waals surface area (Å²) in [6.45, 7) is 0. The number of hydrogen-bond donors (Lipinski definition) is 2. The molecule has 5 nitrogen and oxygen atoms in total. The Kier molecular flexibility index (Phi) is 8.87. The van der Waals surface area contributed by atoms with Gasteiger partial charge in [-0.2, -0.15) is 8.42 Å². The first-order valence-electron chi connectivity index (χ1n) is 2.55. The SMILES string of the molecule is O=S(=O)(O)O.[H-].[H-].[Mg+2].c1ccncc1. The number of aromatic nitrogens is 1. The second-order valence-corrected chi connectivity index (χ2v) is 2.37. The van der Waals surface area contributed by atoms with Crippen molar-refractivity contribution in [2.24, 2.45) is 0 Å². The summed E-state index contributed by atoms with van der Waals surface area (Å²) >= 11 is 0. The van der Waals surface area contributed by atoms with Crippen molar-refractivity contribution in [3.05, 3.63) is 30.6 Å². The largest absolute Gasteiger partial charge is 2.00 e. The van der Waals surface area contributed by atoms with Crippen LogP contribution in [0.2, 0.25) is 0 Å². The van der Waals surface area contributed by atoms with Crippen LogP contribution >= 0.6 is 0 Å². The van der Waals surface area contributed by atoms with E-state index < -0.39 is 10.4 Å². The molecule has 0 atom stereocenters. The number of nitrogens with zero attached hydrogens (tertiary/aromatic N) is 1. The van der Waals surface area contributed by atoms with Gasteiger partial charge in [-0.15, -0.1) is 0 Å². The normalized spacial score (nSPS) is 8.83. The molecular formula is C5H9MgNO4S. The molecule has 1 aromatic rings. The van der Waals surface area contributed by atoms with Gasteiger partial charge in [-0.3, -0.25) is 14.1 Å². The summed E-state index contributed by atoms with van der Waals surface area (Å²) < 4.78 is 31.6. The first kappa shape index (κ1) is 14.3. The van der Waals surface area contributed by atoms with E-state index in [9.17, 15) is 0 Å². The van der Waals surface area contributed by atoms with Crippen LogP contribution < -0.4 is 0 Å². The molecule has 0 aliphatic rings. The molecular weight excluding hydrogens is 194 g/mol. The topological polar surface area (TPSA) is 87.5 Å². The van der Waals surface area contributed by atoms with Gasteiger partial charge in [0.25, 0.3) is 0 Å². The van der Waals surface area contributed by atoms with Gasteiger partial charge >= 0.3 is 33.5 Å². The summed E-state index contributed by atoms with van der Waals surface area (Å²) in [5.41, 5.74) is 0. The first-order chi connectivity index (χ1) is 5.00. The van der Waals surface area contributed by atoms with Gasteiger partial charge in [0.05, 0.1) is 0 Å². The number of rotatable bonds is 0. The van der Waals surface area contributed by atoms with Crippen LogP contribution in [0.15, 0.2) is 30.6 Å². The molecule has 12 heavy (non-hydrogen) atoms. The maximum Gasteiger partial charge on any atom is 2.00 e. The third kappa shape index (κ3) is 22.6. The summed E-state index contributed by atoms with van der Waals surface area (Å²) in [4.78, 5) is 3.78. The predicted octanol–water partition coefficient (Wildman–Crippen LogP) is 0.273. The fourth-order valence-electron chi connectivity index (χ4n) is 0.313. The van der Waals surface area contributed by atoms with Gasteiger partial charge in [0.2, 0.25) is 0 Å². The van der Waals surface area contributed by atoms with Gasteiger partial charge in [-0.1, -0.05) is 6.07 Å². The Balaban J connectivity index is -0.0000000597. The molecule has 1 heterocycles. The van der Waals surface area contributed by atoms with Crippen molar-refractivity contribution < 1.29 is 20.4 Å². The predicted molar refractivity (Wildman–Crippen MR) is 46.4 cm³/mol. The minimum absolute atomic E-state index is 0. The summed E-state index contributed by atoms with van der Waals surface area (Å²) in [6.07, 6.45) is 3.50. The van der Waals surface area contributed by atoms with E-state index in [4.69, 9.17) is 17.5 Å². The molecule has 0 fully saturated rings. The van der Waals surface area contributed by atoms with Crippen LogP contribution in [0.25, 0.3) is 0 Å². The van der Waals surface area contributed by atoms with Crippen molar-refractivity contribution in [3.8, 4) is 0 Å². The fourth-order valence-corrected chi connectivity index (χ4v) is 0.313. The van der Waals surface area contributed by atoms with E-state index in [2.05, 4.69) is 4.98 Å². The van der Waals surface area contributed by atoms with Crippen LogP contribution in [0.3, 0.4) is 0 Å². The van der Waals surface area contributed by atoms with E-state index in [1.54, 1.807) is 12.4 Å². The minimum Gasteiger partial charge on any atom is -1.00 e. The van der Waals surface area contributed by atoms with Crippen molar-refractivity contribution in [2.75, 3.05) is 0 Å². The van der Waals surface area contributed by atoms with Crippen molar-refractivity contribution in [1.29, 1.82) is 0 Å². The molecule has 1 aromatic heterocycles. The van der Waals surface area contributed by atoms with Gasteiger partial charge in [0, 0.05) is 12.4 Å². The zero-order valence-corrected chi connectivity index (χ0v) is 8.39. The molecule has 0 bridgehead atoms. The van der Waals surface area contributed by atoms with E-state index in [1.807, 2.05) is 18.2 Å². The molecule has 0 aliphatic carbocycles. The maximum absolute atomic E-state index is 8.74. The standard InChI is InChI=1S/C5H5N.Mg.H2O4S.2H/c1-2-4-6-5-3-1;;1-5(2,3)4;;/h1-5H;;(H2,1,2,3,4);;/q;+2;;2*-1. The molecule has 0 spiro atoms. The Labute approximate surface area is 89.5 Å².